The summed E-state index contributed by atoms with van der Waals surface area (Å²) in [5.74, 6) is 0. The molecular weight excluding hydrogens is 310 g/mol. The zero-order chi connectivity index (χ0) is 16.4. The fourth-order valence-electron chi connectivity index (χ4n) is 2.61. The summed E-state index contributed by atoms with van der Waals surface area (Å²) in [5.41, 5.74) is 3.84. The van der Waals surface area contributed by atoms with Gasteiger partial charge in [0, 0.05) is 31.0 Å². The van der Waals surface area contributed by atoms with Crippen LogP contribution in [0.2, 0.25) is 5.02 Å². The molecule has 0 spiro atoms. The number of benzene rings is 1. The Morgan fingerprint density at radius 3 is 2.74 bits per heavy atom. The minimum absolute atomic E-state index is 0.505. The summed E-state index contributed by atoms with van der Waals surface area (Å²) >= 11 is 6.31. The van der Waals surface area contributed by atoms with E-state index < -0.39 is 0 Å². The average Bonchev–Trinajstić information content (AvgIpc) is 2.54. The Kier molecular flexibility index (Phi) is 4.09. The number of fused-ring (bicyclic) bond motifs is 1. The van der Waals surface area contributed by atoms with Crippen molar-refractivity contribution in [2.75, 3.05) is 11.9 Å². The van der Waals surface area contributed by atoms with Crippen molar-refractivity contribution in [2.24, 2.45) is 0 Å². The van der Waals surface area contributed by atoms with Gasteiger partial charge >= 0.3 is 0 Å². The number of nitriles is 1. The summed E-state index contributed by atoms with van der Waals surface area (Å²) in [6.07, 6.45) is 6.56. The smallest absolute Gasteiger partial charge is 0.103 e. The summed E-state index contributed by atoms with van der Waals surface area (Å²) in [5, 5.41) is 10.9. The average molecular weight is 324 g/mol. The van der Waals surface area contributed by atoms with Gasteiger partial charge in [0.1, 0.15) is 6.07 Å². The van der Waals surface area contributed by atoms with Crippen molar-refractivity contribution < 1.29 is 0 Å². The highest BCUT2D eigenvalue weighted by atomic mass is 35.5. The molecule has 2 heterocycles. The molecule has 114 valence electrons. The number of pyridine rings is 1. The monoisotopic (exact) mass is 323 g/mol. The van der Waals surface area contributed by atoms with Crippen molar-refractivity contribution in [1.29, 1.82) is 5.26 Å². The second kappa shape index (κ2) is 6.19. The van der Waals surface area contributed by atoms with Gasteiger partial charge in [0.05, 0.1) is 40.2 Å². The van der Waals surface area contributed by atoms with Gasteiger partial charge in [0.15, 0.2) is 0 Å². The predicted octanol–water partition coefficient (Wildman–Crippen LogP) is 3.49. The van der Waals surface area contributed by atoms with Crippen molar-refractivity contribution >= 4 is 28.2 Å². The van der Waals surface area contributed by atoms with Crippen LogP contribution < -0.4 is 4.90 Å². The lowest BCUT2D eigenvalue weighted by atomic mass is 10.1. The van der Waals surface area contributed by atoms with E-state index in [0.717, 1.165) is 22.3 Å². The molecule has 0 aliphatic rings. The molecule has 0 radical (unpaired) electrons. The second-order valence-electron chi connectivity index (χ2n) is 5.33. The zero-order valence-corrected chi connectivity index (χ0v) is 13.5. The highest BCUT2D eigenvalue weighted by molar-refractivity contribution is 6.35. The van der Waals surface area contributed by atoms with Gasteiger partial charge in [-0.1, -0.05) is 11.6 Å². The summed E-state index contributed by atoms with van der Waals surface area (Å²) in [6.45, 7) is 2.50. The Labute approximate surface area is 139 Å². The number of aryl methyl sites for hydroxylation is 1. The summed E-state index contributed by atoms with van der Waals surface area (Å²) in [7, 11) is 1.92. The molecule has 0 saturated carbocycles. The Balaban J connectivity index is 2.16. The third-order valence-corrected chi connectivity index (χ3v) is 3.85. The fourth-order valence-corrected chi connectivity index (χ4v) is 2.93. The number of hydrogen-bond acceptors (Lipinski definition) is 5. The van der Waals surface area contributed by atoms with E-state index in [9.17, 15) is 5.26 Å². The van der Waals surface area contributed by atoms with Gasteiger partial charge in [-0.05, 0) is 24.6 Å². The fraction of sp³-hybridized carbons (Fsp3) is 0.176. The minimum Gasteiger partial charge on any atom is -0.367 e. The molecule has 0 bridgehead atoms. The molecule has 2 aromatic heterocycles. The molecule has 3 rings (SSSR count). The molecule has 0 amide bonds. The molecule has 0 saturated heterocycles. The van der Waals surface area contributed by atoms with Crippen LogP contribution in [-0.4, -0.2) is 22.0 Å². The molecule has 23 heavy (non-hydrogen) atoms. The van der Waals surface area contributed by atoms with Crippen molar-refractivity contribution in [3.05, 3.63) is 58.8 Å². The molecule has 0 aliphatic heterocycles. The van der Waals surface area contributed by atoms with E-state index in [1.165, 1.54) is 0 Å². The van der Waals surface area contributed by atoms with Crippen molar-refractivity contribution in [1.82, 2.24) is 15.0 Å². The van der Waals surface area contributed by atoms with Crippen molar-refractivity contribution in [2.45, 2.75) is 13.5 Å². The Morgan fingerprint density at radius 1 is 1.22 bits per heavy atom. The number of halogens is 1. The summed E-state index contributed by atoms with van der Waals surface area (Å²) in [4.78, 5) is 14.7. The van der Waals surface area contributed by atoms with Gasteiger partial charge in [-0.2, -0.15) is 5.26 Å². The van der Waals surface area contributed by atoms with Crippen LogP contribution in [0.25, 0.3) is 10.9 Å². The molecular formula is C17H14ClN5. The van der Waals surface area contributed by atoms with Crippen LogP contribution in [0.3, 0.4) is 0 Å². The highest BCUT2D eigenvalue weighted by Gasteiger charge is 2.16. The van der Waals surface area contributed by atoms with Gasteiger partial charge in [-0.15, -0.1) is 0 Å². The molecule has 1 aromatic carbocycles. The molecule has 0 N–H and O–H groups in total. The van der Waals surface area contributed by atoms with Crippen LogP contribution in [0.1, 0.15) is 16.8 Å². The number of anilines is 1. The highest BCUT2D eigenvalue weighted by Crippen LogP contribution is 2.33. The van der Waals surface area contributed by atoms with E-state index >= 15 is 0 Å². The van der Waals surface area contributed by atoms with E-state index in [4.69, 9.17) is 11.6 Å². The maximum absolute atomic E-state index is 9.45. The van der Waals surface area contributed by atoms with E-state index in [1.54, 1.807) is 24.8 Å². The van der Waals surface area contributed by atoms with Crippen LogP contribution in [0, 0.1) is 18.3 Å². The van der Waals surface area contributed by atoms with Gasteiger partial charge < -0.3 is 4.90 Å². The van der Waals surface area contributed by atoms with Crippen LogP contribution in [-0.2, 0) is 6.54 Å². The lowest BCUT2D eigenvalue weighted by molar-refractivity contribution is 0.874. The van der Waals surface area contributed by atoms with E-state index in [-0.39, 0.29) is 0 Å². The third-order valence-electron chi connectivity index (χ3n) is 3.56. The van der Waals surface area contributed by atoms with E-state index in [0.29, 0.717) is 22.6 Å². The number of nitrogens with zero attached hydrogens (tertiary/aromatic N) is 5. The van der Waals surface area contributed by atoms with Gasteiger partial charge in [0.2, 0.25) is 0 Å². The number of hydrogen-bond donors (Lipinski definition) is 0. The molecule has 0 fully saturated rings. The topological polar surface area (TPSA) is 65.7 Å². The first kappa shape index (κ1) is 15.2. The summed E-state index contributed by atoms with van der Waals surface area (Å²) < 4.78 is 0. The van der Waals surface area contributed by atoms with Crippen LogP contribution in [0.15, 0.2) is 36.9 Å². The summed E-state index contributed by atoms with van der Waals surface area (Å²) in [6, 6.07) is 6.08. The lowest BCUT2D eigenvalue weighted by Crippen LogP contribution is -2.19. The SMILES string of the molecule is Cc1cc(Cl)c2ncc(C#N)c(N(C)Cc3cnccn3)c2c1. The number of aromatic nitrogens is 3. The second-order valence-corrected chi connectivity index (χ2v) is 5.74. The van der Waals surface area contributed by atoms with Gasteiger partial charge in [-0.25, -0.2) is 0 Å². The standard InChI is InChI=1S/C17H14ClN5/c1-11-5-14-16(15(18)6-11)22-8-12(7-19)17(14)23(2)10-13-9-20-3-4-21-13/h3-6,8-9H,10H2,1-2H3. The molecule has 6 heteroatoms. The first-order chi connectivity index (χ1) is 11.1. The van der Waals surface area contributed by atoms with E-state index in [1.807, 2.05) is 31.0 Å². The van der Waals surface area contributed by atoms with E-state index in [2.05, 4.69) is 21.0 Å². The predicted molar refractivity (Wildman–Crippen MR) is 90.3 cm³/mol. The molecule has 3 aromatic rings. The van der Waals surface area contributed by atoms with Gasteiger partial charge in [0.25, 0.3) is 0 Å². The van der Waals surface area contributed by atoms with Gasteiger partial charge in [-0.3, -0.25) is 15.0 Å². The largest absolute Gasteiger partial charge is 0.367 e. The Morgan fingerprint density at radius 2 is 2.04 bits per heavy atom. The zero-order valence-electron chi connectivity index (χ0n) is 12.8. The molecule has 0 unspecified atom stereocenters. The Hall–Kier alpha value is -2.71. The number of rotatable bonds is 3. The molecule has 0 aliphatic carbocycles. The molecule has 5 nitrogen and oxygen atoms in total. The first-order valence-corrected chi connectivity index (χ1v) is 7.43. The lowest BCUT2D eigenvalue weighted by Gasteiger charge is -2.22. The maximum Gasteiger partial charge on any atom is 0.103 e. The quantitative estimate of drug-likeness (QED) is 0.738. The van der Waals surface area contributed by atoms with Crippen molar-refractivity contribution in [3.63, 3.8) is 0 Å². The Bertz CT molecular complexity index is 902. The minimum atomic E-state index is 0.505. The third kappa shape index (κ3) is 2.94. The van der Waals surface area contributed by atoms with Crippen LogP contribution >= 0.6 is 11.6 Å². The molecule has 0 atom stereocenters. The maximum atomic E-state index is 9.45. The first-order valence-electron chi connectivity index (χ1n) is 7.05. The van der Waals surface area contributed by atoms with Crippen molar-refractivity contribution in [3.8, 4) is 6.07 Å². The normalized spacial score (nSPS) is 10.5. The van der Waals surface area contributed by atoms with Crippen LogP contribution in [0.5, 0.6) is 0 Å². The van der Waals surface area contributed by atoms with Crippen LogP contribution in [0.4, 0.5) is 5.69 Å².